The van der Waals surface area contributed by atoms with Crippen LogP contribution in [0, 0.1) is 0 Å². The normalized spacial score (nSPS) is 14.1. The Kier molecular flexibility index (Phi) is 11.2. The molecule has 2 aromatic rings. The monoisotopic (exact) mass is 534 g/mol. The van der Waals surface area contributed by atoms with Crippen LogP contribution in [0.3, 0.4) is 0 Å². The van der Waals surface area contributed by atoms with Gasteiger partial charge in [-0.15, -0.1) is 0 Å². The van der Waals surface area contributed by atoms with E-state index in [9.17, 15) is 19.5 Å². The van der Waals surface area contributed by atoms with E-state index in [0.717, 1.165) is 0 Å². The lowest BCUT2D eigenvalue weighted by atomic mass is 9.98. The minimum absolute atomic E-state index is 0.0458. The summed E-state index contributed by atoms with van der Waals surface area (Å²) in [7, 11) is 0. The van der Waals surface area contributed by atoms with Gasteiger partial charge < -0.3 is 25.2 Å². The van der Waals surface area contributed by atoms with Gasteiger partial charge in [0.15, 0.2) is 0 Å². The summed E-state index contributed by atoms with van der Waals surface area (Å²) < 4.78 is 40.7. The van der Waals surface area contributed by atoms with E-state index >= 15 is 8.78 Å². The highest BCUT2D eigenvalue weighted by Crippen LogP contribution is 2.25. The Balaban J connectivity index is 2.18. The van der Waals surface area contributed by atoms with Crippen molar-refractivity contribution in [1.82, 2.24) is 10.6 Å². The van der Waals surface area contributed by atoms with Gasteiger partial charge >= 0.3 is 18.0 Å². The fraction of sp³-hybridized carbons (Fsp3) is 0.464. The number of alkyl halides is 2. The third-order valence-corrected chi connectivity index (χ3v) is 5.45. The Morgan fingerprint density at radius 1 is 0.921 bits per heavy atom. The number of carbonyl (C=O) groups is 3. The van der Waals surface area contributed by atoms with E-state index in [1.54, 1.807) is 88.4 Å². The lowest BCUT2D eigenvalue weighted by Crippen LogP contribution is -2.60. The summed E-state index contributed by atoms with van der Waals surface area (Å²) in [5.74, 6) is -7.12. The second kappa shape index (κ2) is 13.9. The van der Waals surface area contributed by atoms with Gasteiger partial charge in [-0.3, -0.25) is 4.79 Å². The molecule has 2 rings (SSSR count). The third kappa shape index (κ3) is 9.74. The van der Waals surface area contributed by atoms with Crippen molar-refractivity contribution in [3.8, 4) is 0 Å². The van der Waals surface area contributed by atoms with Crippen molar-refractivity contribution in [2.45, 2.75) is 83.3 Å². The van der Waals surface area contributed by atoms with Gasteiger partial charge in [0.2, 0.25) is 0 Å². The standard InChI is InChI=1S/C28H36F2N2O6/c1-5-12-21(32-26(36)38-27(2,3)4)23(33)28(29,30)25(35)31-22(17-19-13-8-6-9-14-19)24(34)37-18-20-15-10-7-11-16-20/h6-11,13-16,21-23,33H,5,12,17-18H2,1-4H3,(H,31,35)(H,32,36)/t21-,22+,23?/m0/s1. The number of esters is 1. The summed E-state index contributed by atoms with van der Waals surface area (Å²) in [6.07, 6.45) is -3.40. The second-order valence-corrected chi connectivity index (χ2v) is 9.92. The number of carbonyl (C=O) groups excluding carboxylic acids is 3. The van der Waals surface area contributed by atoms with Gasteiger partial charge in [0.25, 0.3) is 5.91 Å². The highest BCUT2D eigenvalue weighted by atomic mass is 19.3. The third-order valence-electron chi connectivity index (χ3n) is 5.45. The quantitative estimate of drug-likeness (QED) is 0.353. The lowest BCUT2D eigenvalue weighted by Gasteiger charge is -2.31. The van der Waals surface area contributed by atoms with Gasteiger partial charge in [0.05, 0.1) is 6.04 Å². The first-order valence-corrected chi connectivity index (χ1v) is 12.4. The summed E-state index contributed by atoms with van der Waals surface area (Å²) in [4.78, 5) is 37.7. The fourth-order valence-electron chi connectivity index (χ4n) is 3.59. The molecule has 38 heavy (non-hydrogen) atoms. The van der Waals surface area contributed by atoms with Crippen LogP contribution in [-0.2, 0) is 32.1 Å². The number of halogens is 2. The first-order valence-electron chi connectivity index (χ1n) is 12.4. The largest absolute Gasteiger partial charge is 0.459 e. The van der Waals surface area contributed by atoms with Crippen molar-refractivity contribution in [3.05, 3.63) is 71.8 Å². The predicted molar refractivity (Wildman–Crippen MR) is 137 cm³/mol. The van der Waals surface area contributed by atoms with Crippen molar-refractivity contribution in [2.24, 2.45) is 0 Å². The van der Waals surface area contributed by atoms with E-state index in [-0.39, 0.29) is 19.4 Å². The molecule has 208 valence electrons. The van der Waals surface area contributed by atoms with E-state index < -0.39 is 47.7 Å². The van der Waals surface area contributed by atoms with Crippen molar-refractivity contribution < 1.29 is 37.7 Å². The Morgan fingerprint density at radius 3 is 2.00 bits per heavy atom. The molecule has 8 nitrogen and oxygen atoms in total. The van der Waals surface area contributed by atoms with Gasteiger partial charge in [-0.2, -0.15) is 8.78 Å². The average Bonchev–Trinajstić information content (AvgIpc) is 2.86. The van der Waals surface area contributed by atoms with Gasteiger partial charge in [-0.05, 0) is 38.3 Å². The molecule has 0 heterocycles. The molecule has 0 saturated heterocycles. The maximum Gasteiger partial charge on any atom is 0.407 e. The highest BCUT2D eigenvalue weighted by Gasteiger charge is 2.51. The zero-order valence-electron chi connectivity index (χ0n) is 22.1. The predicted octanol–water partition coefficient (Wildman–Crippen LogP) is 4.15. The molecule has 0 bridgehead atoms. The molecular weight excluding hydrogens is 498 g/mol. The maximum atomic E-state index is 15.2. The molecular formula is C28H36F2N2O6. The SMILES string of the molecule is CCC[C@H](NC(=O)OC(C)(C)C)C(O)C(F)(F)C(=O)N[C@H](Cc1ccccc1)C(=O)OCc1ccccc1. The molecule has 0 radical (unpaired) electrons. The molecule has 3 N–H and O–H groups in total. The maximum absolute atomic E-state index is 15.2. The second-order valence-electron chi connectivity index (χ2n) is 9.92. The van der Waals surface area contributed by atoms with Crippen LogP contribution in [0.25, 0.3) is 0 Å². The molecule has 0 fully saturated rings. The molecule has 0 aliphatic rings. The fourth-order valence-corrected chi connectivity index (χ4v) is 3.59. The number of aliphatic hydroxyl groups excluding tert-OH is 1. The molecule has 2 aromatic carbocycles. The summed E-state index contributed by atoms with van der Waals surface area (Å²) in [5, 5.41) is 14.8. The summed E-state index contributed by atoms with van der Waals surface area (Å²) >= 11 is 0. The van der Waals surface area contributed by atoms with Crippen molar-refractivity contribution in [1.29, 1.82) is 0 Å². The Morgan fingerprint density at radius 2 is 1.47 bits per heavy atom. The molecule has 3 atom stereocenters. The van der Waals surface area contributed by atoms with Gasteiger partial charge in [-0.25, -0.2) is 9.59 Å². The number of benzene rings is 2. The first-order chi connectivity index (χ1) is 17.8. The van der Waals surface area contributed by atoms with Crippen LogP contribution in [0.1, 0.15) is 51.7 Å². The smallest absolute Gasteiger partial charge is 0.407 e. The van der Waals surface area contributed by atoms with E-state index in [2.05, 4.69) is 5.32 Å². The van der Waals surface area contributed by atoms with Crippen LogP contribution in [0.5, 0.6) is 0 Å². The number of aliphatic hydroxyl groups is 1. The number of alkyl carbamates (subject to hydrolysis) is 1. The summed E-state index contributed by atoms with van der Waals surface area (Å²) in [6.45, 7) is 6.36. The van der Waals surface area contributed by atoms with Gasteiger partial charge in [0.1, 0.15) is 24.4 Å². The van der Waals surface area contributed by atoms with E-state index in [1.807, 2.05) is 5.32 Å². The summed E-state index contributed by atoms with van der Waals surface area (Å²) in [5.41, 5.74) is 0.395. The first kappa shape index (κ1) is 30.7. The van der Waals surface area contributed by atoms with Crippen molar-refractivity contribution in [2.75, 3.05) is 0 Å². The Labute approximate surface area is 221 Å². The molecule has 0 aromatic heterocycles. The van der Waals surface area contributed by atoms with E-state index in [1.165, 1.54) is 0 Å². The lowest BCUT2D eigenvalue weighted by molar-refractivity contribution is -0.170. The van der Waals surface area contributed by atoms with Crippen LogP contribution in [-0.4, -0.2) is 52.8 Å². The van der Waals surface area contributed by atoms with E-state index in [0.29, 0.717) is 17.5 Å². The number of rotatable bonds is 12. The molecule has 0 saturated carbocycles. The number of nitrogens with one attached hydrogen (secondary N) is 2. The Bertz CT molecular complexity index is 1040. The molecule has 10 heteroatoms. The van der Waals surface area contributed by atoms with Gasteiger partial charge in [-0.1, -0.05) is 74.0 Å². The number of ether oxygens (including phenoxy) is 2. The summed E-state index contributed by atoms with van der Waals surface area (Å²) in [6, 6.07) is 14.4. The van der Waals surface area contributed by atoms with Crippen LogP contribution in [0.2, 0.25) is 0 Å². The van der Waals surface area contributed by atoms with Crippen molar-refractivity contribution >= 4 is 18.0 Å². The zero-order chi connectivity index (χ0) is 28.3. The minimum atomic E-state index is -4.34. The van der Waals surface area contributed by atoms with Crippen molar-refractivity contribution in [3.63, 3.8) is 0 Å². The Hall–Kier alpha value is -3.53. The van der Waals surface area contributed by atoms with E-state index in [4.69, 9.17) is 9.47 Å². The minimum Gasteiger partial charge on any atom is -0.459 e. The topological polar surface area (TPSA) is 114 Å². The number of amides is 2. The van der Waals surface area contributed by atoms with Crippen LogP contribution in [0.15, 0.2) is 60.7 Å². The van der Waals surface area contributed by atoms with Crippen LogP contribution in [0.4, 0.5) is 13.6 Å². The molecule has 0 aliphatic heterocycles. The van der Waals surface area contributed by atoms with Crippen LogP contribution < -0.4 is 10.6 Å². The highest BCUT2D eigenvalue weighted by molar-refractivity contribution is 5.89. The molecule has 2 amide bonds. The van der Waals surface area contributed by atoms with Crippen LogP contribution >= 0.6 is 0 Å². The average molecular weight is 535 g/mol. The zero-order valence-corrected chi connectivity index (χ0v) is 22.1. The number of hydrogen-bond acceptors (Lipinski definition) is 6. The molecule has 1 unspecified atom stereocenters. The van der Waals surface area contributed by atoms with Gasteiger partial charge in [0, 0.05) is 6.42 Å². The number of hydrogen-bond donors (Lipinski definition) is 3. The molecule has 0 spiro atoms. The molecule has 0 aliphatic carbocycles.